The Labute approximate surface area is 151 Å². The highest BCUT2D eigenvalue weighted by Gasteiger charge is 2.45. The number of phenolic OH excluding ortho intramolecular Hbond substituents is 1. The van der Waals surface area contributed by atoms with Gasteiger partial charge < -0.3 is 19.8 Å². The molecule has 25 heavy (non-hydrogen) atoms. The summed E-state index contributed by atoms with van der Waals surface area (Å²) in [5.74, 6) is 0.326. The van der Waals surface area contributed by atoms with Gasteiger partial charge in [-0.2, -0.15) is 0 Å². The van der Waals surface area contributed by atoms with Crippen LogP contribution in [0.5, 0.6) is 5.75 Å². The number of hydrogen-bond acceptors (Lipinski definition) is 5. The summed E-state index contributed by atoms with van der Waals surface area (Å²) >= 11 is 0. The molecule has 2 fully saturated rings. The first-order valence-electron chi connectivity index (χ1n) is 9.66. The lowest BCUT2D eigenvalue weighted by molar-refractivity contribution is -0.138. The summed E-state index contributed by atoms with van der Waals surface area (Å²) in [5.41, 5.74) is 1.05. The van der Waals surface area contributed by atoms with Crippen molar-refractivity contribution in [1.82, 2.24) is 4.90 Å². The topological polar surface area (TPSA) is 56.2 Å². The van der Waals surface area contributed by atoms with E-state index in [4.69, 9.17) is 4.74 Å². The van der Waals surface area contributed by atoms with E-state index in [1.54, 1.807) is 6.07 Å². The Balaban J connectivity index is 1.44. The monoisotopic (exact) mass is 348 g/mol. The van der Waals surface area contributed by atoms with E-state index in [0.29, 0.717) is 5.75 Å². The molecule has 2 aliphatic rings. The van der Waals surface area contributed by atoms with Crippen LogP contribution >= 0.6 is 0 Å². The van der Waals surface area contributed by atoms with Gasteiger partial charge in [0, 0.05) is 49.9 Å². The molecule has 0 saturated carbocycles. The van der Waals surface area contributed by atoms with E-state index in [-0.39, 0.29) is 11.5 Å². The molecule has 3 rings (SSSR count). The van der Waals surface area contributed by atoms with Crippen molar-refractivity contribution in [3.63, 3.8) is 0 Å². The predicted octanol–water partition coefficient (Wildman–Crippen LogP) is 2.82. The van der Waals surface area contributed by atoms with Crippen molar-refractivity contribution in [2.24, 2.45) is 5.41 Å². The Morgan fingerprint density at radius 1 is 1.16 bits per heavy atom. The van der Waals surface area contributed by atoms with Crippen molar-refractivity contribution < 1.29 is 14.9 Å². The van der Waals surface area contributed by atoms with Gasteiger partial charge in [0.15, 0.2) is 6.29 Å². The minimum absolute atomic E-state index is 0.0430. The molecular weight excluding hydrogens is 316 g/mol. The minimum atomic E-state index is -0.602. The number of aliphatic hydroxyl groups is 1. The summed E-state index contributed by atoms with van der Waals surface area (Å²) in [6, 6.07) is 7.49. The number of aromatic hydroxyl groups is 1. The van der Waals surface area contributed by atoms with Gasteiger partial charge in [-0.3, -0.25) is 4.90 Å². The predicted molar refractivity (Wildman–Crippen MR) is 99.9 cm³/mol. The van der Waals surface area contributed by atoms with E-state index in [9.17, 15) is 10.2 Å². The molecule has 5 nitrogen and oxygen atoms in total. The van der Waals surface area contributed by atoms with Crippen LogP contribution in [0.1, 0.15) is 39.5 Å². The lowest BCUT2D eigenvalue weighted by atomic mass is 9.78. The molecular formula is C20H32N2O3. The number of piperazine rings is 1. The van der Waals surface area contributed by atoms with E-state index >= 15 is 0 Å². The van der Waals surface area contributed by atoms with Crippen molar-refractivity contribution in [3.05, 3.63) is 24.3 Å². The molecule has 2 heterocycles. The molecule has 0 radical (unpaired) electrons. The van der Waals surface area contributed by atoms with Gasteiger partial charge in [-0.25, -0.2) is 0 Å². The fourth-order valence-electron chi connectivity index (χ4n) is 4.23. The van der Waals surface area contributed by atoms with Crippen LogP contribution in [-0.4, -0.2) is 60.2 Å². The Bertz CT molecular complexity index is 554. The zero-order valence-electron chi connectivity index (χ0n) is 15.5. The van der Waals surface area contributed by atoms with Crippen LogP contribution in [0.2, 0.25) is 0 Å². The number of hydrogen-bond donors (Lipinski definition) is 2. The number of anilines is 1. The van der Waals surface area contributed by atoms with Crippen molar-refractivity contribution in [3.8, 4) is 5.75 Å². The number of phenols is 1. The zero-order chi connectivity index (χ0) is 17.9. The van der Waals surface area contributed by atoms with Crippen molar-refractivity contribution in [2.45, 2.75) is 51.9 Å². The van der Waals surface area contributed by atoms with Crippen molar-refractivity contribution in [2.75, 3.05) is 37.6 Å². The van der Waals surface area contributed by atoms with Crippen molar-refractivity contribution >= 4 is 5.69 Å². The number of ether oxygens (including phenoxy) is 1. The van der Waals surface area contributed by atoms with E-state index in [1.165, 1.54) is 0 Å². The molecule has 2 atom stereocenters. The smallest absolute Gasteiger partial charge is 0.160 e. The number of rotatable bonds is 6. The van der Waals surface area contributed by atoms with Crippen LogP contribution in [0.15, 0.2) is 24.3 Å². The molecule has 5 heteroatoms. The molecule has 2 aliphatic heterocycles. The first-order chi connectivity index (χ1) is 12.1. The highest BCUT2D eigenvalue weighted by molar-refractivity contribution is 5.50. The van der Waals surface area contributed by atoms with Gasteiger partial charge >= 0.3 is 0 Å². The van der Waals surface area contributed by atoms with Gasteiger partial charge in [-0.15, -0.1) is 0 Å². The van der Waals surface area contributed by atoms with Crippen molar-refractivity contribution in [1.29, 1.82) is 0 Å². The quantitative estimate of drug-likeness (QED) is 0.828. The Hall–Kier alpha value is -1.30. The number of aliphatic hydroxyl groups excluding tert-OH is 1. The van der Waals surface area contributed by atoms with Crippen LogP contribution in [0.25, 0.3) is 0 Å². The molecule has 0 amide bonds. The lowest BCUT2D eigenvalue weighted by Crippen LogP contribution is -2.47. The second-order valence-electron chi connectivity index (χ2n) is 7.52. The molecule has 0 aliphatic carbocycles. The molecule has 0 spiro atoms. The Morgan fingerprint density at radius 3 is 2.48 bits per heavy atom. The maximum atomic E-state index is 10.3. The van der Waals surface area contributed by atoms with Gasteiger partial charge in [0.1, 0.15) is 5.75 Å². The lowest BCUT2D eigenvalue weighted by Gasteiger charge is -2.36. The molecule has 140 valence electrons. The molecule has 2 N–H and O–H groups in total. The molecule has 0 aromatic heterocycles. The normalized spacial score (nSPS) is 26.9. The van der Waals surface area contributed by atoms with Crippen LogP contribution in [0.4, 0.5) is 5.69 Å². The third kappa shape index (κ3) is 4.10. The van der Waals surface area contributed by atoms with Gasteiger partial charge in [0.05, 0.1) is 6.10 Å². The number of benzene rings is 1. The van der Waals surface area contributed by atoms with E-state index in [1.807, 2.05) is 12.1 Å². The third-order valence-electron chi connectivity index (χ3n) is 6.22. The van der Waals surface area contributed by atoms with E-state index in [2.05, 4.69) is 29.7 Å². The summed E-state index contributed by atoms with van der Waals surface area (Å²) in [7, 11) is 0. The average molecular weight is 348 g/mol. The van der Waals surface area contributed by atoms with Gasteiger partial charge in [0.2, 0.25) is 0 Å². The average Bonchev–Trinajstić information content (AvgIpc) is 2.96. The SMILES string of the molecule is CCC1(CC)CC(CCN2CCN(c3cccc(O)c3)CC2)OC1O. The first-order valence-corrected chi connectivity index (χ1v) is 9.66. The summed E-state index contributed by atoms with van der Waals surface area (Å²) in [4.78, 5) is 4.80. The molecule has 1 aromatic rings. The highest BCUT2D eigenvalue weighted by atomic mass is 16.6. The standard InChI is InChI=1S/C20H32N2O3/c1-3-20(4-2)15-18(25-19(20)24)8-9-21-10-12-22(13-11-21)16-6-5-7-17(23)14-16/h5-7,14,18-19,23-24H,3-4,8-13,15H2,1-2H3. The van der Waals surface area contributed by atoms with Crippen LogP contribution < -0.4 is 4.90 Å². The fraction of sp³-hybridized carbons (Fsp3) is 0.700. The maximum absolute atomic E-state index is 10.3. The summed E-state index contributed by atoms with van der Waals surface area (Å²) < 4.78 is 5.84. The first kappa shape index (κ1) is 18.5. The second-order valence-corrected chi connectivity index (χ2v) is 7.52. The van der Waals surface area contributed by atoms with Crippen LogP contribution in [-0.2, 0) is 4.74 Å². The minimum Gasteiger partial charge on any atom is -0.508 e. The summed E-state index contributed by atoms with van der Waals surface area (Å²) in [6.45, 7) is 9.33. The molecule has 1 aromatic carbocycles. The van der Waals surface area contributed by atoms with Crippen LogP contribution in [0, 0.1) is 5.41 Å². The van der Waals surface area contributed by atoms with Gasteiger partial charge in [-0.1, -0.05) is 19.9 Å². The van der Waals surface area contributed by atoms with E-state index < -0.39 is 6.29 Å². The fourth-order valence-corrected chi connectivity index (χ4v) is 4.23. The molecule has 2 unspecified atom stereocenters. The largest absolute Gasteiger partial charge is 0.508 e. The highest BCUT2D eigenvalue weighted by Crippen LogP contribution is 2.44. The maximum Gasteiger partial charge on any atom is 0.160 e. The van der Waals surface area contributed by atoms with Gasteiger partial charge in [-0.05, 0) is 37.8 Å². The molecule has 2 saturated heterocycles. The zero-order valence-corrected chi connectivity index (χ0v) is 15.5. The third-order valence-corrected chi connectivity index (χ3v) is 6.22. The van der Waals surface area contributed by atoms with E-state index in [0.717, 1.165) is 64.1 Å². The molecule has 0 bridgehead atoms. The summed E-state index contributed by atoms with van der Waals surface area (Å²) in [5, 5.41) is 19.9. The number of nitrogens with zero attached hydrogens (tertiary/aromatic N) is 2. The Morgan fingerprint density at radius 2 is 1.88 bits per heavy atom. The van der Waals surface area contributed by atoms with Gasteiger partial charge in [0.25, 0.3) is 0 Å². The second kappa shape index (κ2) is 7.94. The summed E-state index contributed by atoms with van der Waals surface area (Å²) in [6.07, 6.45) is 3.50. The Kier molecular flexibility index (Phi) is 5.87. The van der Waals surface area contributed by atoms with Crippen LogP contribution in [0.3, 0.4) is 0 Å².